The Morgan fingerprint density at radius 3 is 1.50 bits per heavy atom. The quantitative estimate of drug-likeness (QED) is 0.127. The van der Waals surface area contributed by atoms with Crippen LogP contribution < -0.4 is 62.0 Å². The average Bonchev–Trinajstić information content (AvgIpc) is 0.744. The van der Waals surface area contributed by atoms with Crippen molar-refractivity contribution >= 4 is 195 Å². The zero-order chi connectivity index (χ0) is 65.5. The van der Waals surface area contributed by atoms with Crippen molar-refractivity contribution in [3.8, 4) is 22.6 Å². The van der Waals surface area contributed by atoms with Crippen LogP contribution in [-0.4, -0.2) is 13.4 Å². The molecule has 0 saturated heterocycles. The summed E-state index contributed by atoms with van der Waals surface area (Å²) < 4.78 is 12.5. The van der Waals surface area contributed by atoms with E-state index in [4.69, 9.17) is 4.74 Å². The fourth-order valence-electron chi connectivity index (χ4n) is 16.7. The second-order valence-corrected chi connectivity index (χ2v) is 28.3. The third kappa shape index (κ3) is 8.64. The number of hydrogen-bond acceptors (Lipinski definition) is 8. The molecule has 0 aliphatic carbocycles. The van der Waals surface area contributed by atoms with Crippen LogP contribution in [0.4, 0.5) is 85.3 Å². The van der Waals surface area contributed by atoms with Gasteiger partial charge in [-0.2, -0.15) is 0 Å². The van der Waals surface area contributed by atoms with Crippen molar-refractivity contribution in [3.05, 3.63) is 346 Å². The number of para-hydroxylation sites is 7. The monoisotopic (exact) mass is 1310 g/mol. The van der Waals surface area contributed by atoms with Gasteiger partial charge in [-0.1, -0.05) is 218 Å². The lowest BCUT2D eigenvalue weighted by Crippen LogP contribution is -2.64. The minimum Gasteiger partial charge on any atom is -0.458 e. The maximum atomic E-state index is 7.53. The van der Waals surface area contributed by atoms with Crippen LogP contribution in [0.2, 0.25) is 0 Å². The van der Waals surface area contributed by atoms with Crippen molar-refractivity contribution in [2.24, 2.45) is 0 Å². The topological polar surface area (TPSA) is 25.4 Å². The minimum atomic E-state index is -0.244. The van der Waals surface area contributed by atoms with Gasteiger partial charge in [-0.15, -0.1) is 22.7 Å². The summed E-state index contributed by atoms with van der Waals surface area (Å²) in [4.78, 5) is 12.7. The highest BCUT2D eigenvalue weighted by Crippen LogP contribution is 2.55. The second kappa shape index (κ2) is 22.6. The Morgan fingerprint density at radius 1 is 0.280 bits per heavy atom. The van der Waals surface area contributed by atoms with Gasteiger partial charge >= 0.3 is 0 Å². The van der Waals surface area contributed by atoms with Crippen molar-refractivity contribution in [2.45, 2.75) is 0 Å². The van der Waals surface area contributed by atoms with E-state index in [0.29, 0.717) is 0 Å². The van der Waals surface area contributed by atoms with Crippen LogP contribution in [0.3, 0.4) is 0 Å². The molecule has 17 aromatic rings. The zero-order valence-corrected chi connectivity index (χ0v) is 55.7. The molecule has 6 heterocycles. The fraction of sp³-hybridized carbons (Fsp3) is 0. The van der Waals surface area contributed by atoms with Crippen molar-refractivity contribution in [3.63, 3.8) is 0 Å². The summed E-state index contributed by atoms with van der Waals surface area (Å²) in [6.07, 6.45) is 0. The van der Waals surface area contributed by atoms with Gasteiger partial charge in [-0.05, 0) is 160 Å². The fourth-order valence-corrected chi connectivity index (χ4v) is 19.1. The largest absolute Gasteiger partial charge is 0.458 e. The van der Waals surface area contributed by atoms with Gasteiger partial charge in [0.15, 0.2) is 0 Å². The van der Waals surface area contributed by atoms with Gasteiger partial charge in [0.1, 0.15) is 11.5 Å². The van der Waals surface area contributed by atoms with E-state index in [-0.39, 0.29) is 13.4 Å². The zero-order valence-electron chi connectivity index (χ0n) is 54.0. The molecule has 21 rings (SSSR count). The van der Waals surface area contributed by atoms with E-state index in [2.05, 4.69) is 370 Å². The van der Waals surface area contributed by atoms with Crippen molar-refractivity contribution in [1.82, 2.24) is 0 Å². The molecule has 4 aliphatic heterocycles. The summed E-state index contributed by atoms with van der Waals surface area (Å²) in [5.41, 5.74) is 25.6. The van der Waals surface area contributed by atoms with Gasteiger partial charge in [0.2, 0.25) is 0 Å². The van der Waals surface area contributed by atoms with Crippen molar-refractivity contribution in [1.29, 1.82) is 0 Å². The molecule has 2 aromatic heterocycles. The lowest BCUT2D eigenvalue weighted by Gasteiger charge is -2.47. The highest BCUT2D eigenvalue weighted by Gasteiger charge is 2.49. The first-order valence-corrected chi connectivity index (χ1v) is 35.8. The number of anilines is 15. The molecule has 0 unspecified atom stereocenters. The number of nitrogens with zero attached hydrogens (tertiary/aromatic N) is 5. The Kier molecular flexibility index (Phi) is 12.9. The Hall–Kier alpha value is -12.3. The lowest BCUT2D eigenvalue weighted by atomic mass is 9.30. The standard InChI is InChI=1S/C90H57B2N5OS2/c1-6-28-58(29-7-1)65-38-16-21-44-73(65)96-77-57-78-71(56-72(77)92-70-43-20-23-48-82(70)98-83-55-64(54-81(96)89(83)92)94(61-34-12-4-13-35-61)76-47-26-41-67-66-39-17-24-49-84(66)100-90(67)76)91-69-42-19-22-45-74(69)95(62-36-14-5-15-37-62)79-52-63(93(59-30-8-2-9-31-59)60-32-10-3-11-33-60)53-80(88(79)91)97(78)75-46-27-51-86-87(75)68-40-18-25-50-85(68)99-86/h1-57H. The smallest absolute Gasteiger partial charge is 0.256 e. The summed E-state index contributed by atoms with van der Waals surface area (Å²) in [7, 11) is 0. The van der Waals surface area contributed by atoms with Gasteiger partial charge in [0.25, 0.3) is 13.4 Å². The van der Waals surface area contributed by atoms with Crippen LogP contribution in [0.15, 0.2) is 346 Å². The summed E-state index contributed by atoms with van der Waals surface area (Å²) in [5, 5.41) is 4.95. The van der Waals surface area contributed by atoms with Gasteiger partial charge < -0.3 is 29.2 Å². The van der Waals surface area contributed by atoms with Crippen LogP contribution in [0, 0.1) is 0 Å². The average molecular weight is 1310 g/mol. The lowest BCUT2D eigenvalue weighted by molar-refractivity contribution is 0.487. The second-order valence-electron chi connectivity index (χ2n) is 26.2. The molecule has 466 valence electrons. The van der Waals surface area contributed by atoms with Gasteiger partial charge in [0, 0.05) is 104 Å². The molecule has 4 aliphatic rings. The van der Waals surface area contributed by atoms with E-state index in [0.717, 1.165) is 119 Å². The molecule has 0 fully saturated rings. The third-order valence-corrected chi connectivity index (χ3v) is 23.1. The molecule has 0 N–H and O–H groups in total. The van der Waals surface area contributed by atoms with Gasteiger partial charge in [-0.3, -0.25) is 0 Å². The van der Waals surface area contributed by atoms with Gasteiger partial charge in [-0.25, -0.2) is 0 Å². The van der Waals surface area contributed by atoms with Gasteiger partial charge in [0.05, 0.1) is 33.1 Å². The molecule has 10 heteroatoms. The molecule has 0 amide bonds. The maximum absolute atomic E-state index is 7.53. The molecule has 6 nitrogen and oxygen atoms in total. The first kappa shape index (κ1) is 56.8. The van der Waals surface area contributed by atoms with Crippen LogP contribution in [0.1, 0.15) is 0 Å². The minimum absolute atomic E-state index is 0.216. The van der Waals surface area contributed by atoms with Crippen LogP contribution >= 0.6 is 22.7 Å². The van der Waals surface area contributed by atoms with Crippen LogP contribution in [0.5, 0.6) is 11.5 Å². The molecular weight excluding hydrogens is 1250 g/mol. The first-order valence-electron chi connectivity index (χ1n) is 34.2. The highest BCUT2D eigenvalue weighted by atomic mass is 32.1. The molecule has 0 atom stereocenters. The SMILES string of the molecule is c1ccc(-c2ccccc2N2c3cc4c(cc3B3c5ccccc5Oc5cc(N(c6ccccc6)c6cccc7c6sc6ccccc67)cc2c53)B2c3ccccc3N(c3ccccc3)c3cc(N(c5ccccc5)c5ccccc5)cc(c32)N4c2cccc3sc4ccccc4c23)cc1. The Balaban J connectivity index is 0.906. The van der Waals surface area contributed by atoms with E-state index in [1.807, 2.05) is 22.7 Å². The molecule has 15 aromatic carbocycles. The van der Waals surface area contributed by atoms with Crippen LogP contribution in [0.25, 0.3) is 51.5 Å². The molecule has 0 radical (unpaired) electrons. The predicted molar refractivity (Wildman–Crippen MR) is 427 cm³/mol. The predicted octanol–water partition coefficient (Wildman–Crippen LogP) is 21.5. The summed E-state index contributed by atoms with van der Waals surface area (Å²) in [6, 6.07) is 128. The highest BCUT2D eigenvalue weighted by molar-refractivity contribution is 7.26. The third-order valence-electron chi connectivity index (χ3n) is 20.8. The summed E-state index contributed by atoms with van der Waals surface area (Å²) >= 11 is 3.72. The van der Waals surface area contributed by atoms with E-state index >= 15 is 0 Å². The Morgan fingerprint density at radius 2 is 0.780 bits per heavy atom. The Bertz CT molecular complexity index is 6110. The van der Waals surface area contributed by atoms with Crippen LogP contribution in [-0.2, 0) is 0 Å². The van der Waals surface area contributed by atoms with Crippen molar-refractivity contribution in [2.75, 3.05) is 24.5 Å². The molecule has 0 spiro atoms. The number of thiophene rings is 2. The number of hydrogen-bond donors (Lipinski definition) is 0. The maximum Gasteiger partial charge on any atom is 0.256 e. The first-order chi connectivity index (χ1) is 49.6. The van der Waals surface area contributed by atoms with E-state index < -0.39 is 0 Å². The van der Waals surface area contributed by atoms with Crippen molar-refractivity contribution < 1.29 is 4.74 Å². The molecule has 0 bridgehead atoms. The number of ether oxygens (including phenoxy) is 1. The van der Waals surface area contributed by atoms with E-state index in [1.54, 1.807) is 0 Å². The number of rotatable bonds is 10. The molecule has 100 heavy (non-hydrogen) atoms. The number of fused-ring (bicyclic) bond motifs is 14. The number of benzene rings is 15. The summed E-state index contributed by atoms with van der Waals surface area (Å²) in [5.74, 6) is 1.68. The normalized spacial score (nSPS) is 13.0. The molecular formula is C90H57B2N5OS2. The van der Waals surface area contributed by atoms with E-state index in [1.165, 1.54) is 62.2 Å². The Labute approximate surface area is 588 Å². The van der Waals surface area contributed by atoms with E-state index in [9.17, 15) is 0 Å². The molecule has 0 saturated carbocycles. The summed E-state index contributed by atoms with van der Waals surface area (Å²) in [6.45, 7) is -0.460.